The standard InChI is InChI=1S/C25H54N2O6/c1-8-19(4)11-30-20(5)12-28-17-25(33-14-22(7)32-16-24(27)10-3)18-29-13-21(6)31-15-23(26)9-2/h19-25H,8-18,26-27H2,1-7H3. The molecular weight excluding hydrogens is 424 g/mol. The molecule has 8 nitrogen and oxygen atoms in total. The van der Waals surface area contributed by atoms with Crippen LogP contribution in [0.4, 0.5) is 0 Å². The molecule has 33 heavy (non-hydrogen) atoms. The number of hydrogen-bond acceptors (Lipinski definition) is 8. The molecule has 0 aliphatic rings. The van der Waals surface area contributed by atoms with Crippen molar-refractivity contribution in [3.63, 3.8) is 0 Å². The minimum Gasteiger partial charge on any atom is -0.376 e. The fourth-order valence-electron chi connectivity index (χ4n) is 2.55. The molecule has 0 radical (unpaired) electrons. The summed E-state index contributed by atoms with van der Waals surface area (Å²) >= 11 is 0. The third-order valence-electron chi connectivity index (χ3n) is 5.48. The smallest absolute Gasteiger partial charge is 0.104 e. The quantitative estimate of drug-likeness (QED) is 0.231. The normalized spacial score (nSPS) is 18.5. The third kappa shape index (κ3) is 19.7. The second kappa shape index (κ2) is 21.0. The minimum absolute atomic E-state index is 0.0315. The Morgan fingerprint density at radius 1 is 0.485 bits per heavy atom. The van der Waals surface area contributed by atoms with Crippen LogP contribution in [0.5, 0.6) is 0 Å². The maximum absolute atomic E-state index is 6.05. The molecule has 0 aromatic carbocycles. The predicted octanol–water partition coefficient (Wildman–Crippen LogP) is 3.14. The molecule has 0 aliphatic carbocycles. The zero-order valence-corrected chi connectivity index (χ0v) is 22.4. The van der Waals surface area contributed by atoms with Crippen LogP contribution in [0.1, 0.15) is 67.7 Å². The number of nitrogens with two attached hydrogens (primary N) is 2. The van der Waals surface area contributed by atoms with Crippen molar-refractivity contribution in [2.45, 2.75) is 104 Å². The van der Waals surface area contributed by atoms with Gasteiger partial charge in [-0.05, 0) is 39.5 Å². The monoisotopic (exact) mass is 478 g/mol. The SMILES string of the molecule is CCC(C)COC(C)COCC(COCC(C)OCC(N)CC)OCC(C)OCC(N)CC. The number of hydrogen-bond donors (Lipinski definition) is 2. The van der Waals surface area contributed by atoms with Crippen molar-refractivity contribution in [3.8, 4) is 0 Å². The van der Waals surface area contributed by atoms with E-state index in [2.05, 4.69) is 13.8 Å². The first-order chi connectivity index (χ1) is 15.7. The Morgan fingerprint density at radius 3 is 1.33 bits per heavy atom. The predicted molar refractivity (Wildman–Crippen MR) is 134 cm³/mol. The lowest BCUT2D eigenvalue weighted by atomic mass is 10.1. The molecule has 0 fully saturated rings. The van der Waals surface area contributed by atoms with E-state index in [9.17, 15) is 0 Å². The molecule has 7 atom stereocenters. The Bertz CT molecular complexity index is 406. The largest absolute Gasteiger partial charge is 0.376 e. The molecule has 0 bridgehead atoms. The summed E-state index contributed by atoms with van der Waals surface area (Å²) in [6.07, 6.45) is 2.63. The molecule has 8 heteroatoms. The van der Waals surface area contributed by atoms with E-state index < -0.39 is 0 Å². The third-order valence-corrected chi connectivity index (χ3v) is 5.48. The topological polar surface area (TPSA) is 107 Å². The summed E-state index contributed by atoms with van der Waals surface area (Å²) < 4.78 is 35.2. The van der Waals surface area contributed by atoms with Gasteiger partial charge in [0.2, 0.25) is 0 Å². The van der Waals surface area contributed by atoms with Crippen molar-refractivity contribution in [3.05, 3.63) is 0 Å². The summed E-state index contributed by atoms with van der Waals surface area (Å²) in [6, 6.07) is 0.109. The lowest BCUT2D eigenvalue weighted by Gasteiger charge is -2.23. The van der Waals surface area contributed by atoms with Gasteiger partial charge in [0.25, 0.3) is 0 Å². The van der Waals surface area contributed by atoms with Gasteiger partial charge in [0.1, 0.15) is 6.10 Å². The van der Waals surface area contributed by atoms with E-state index in [1.807, 2.05) is 34.6 Å². The van der Waals surface area contributed by atoms with Gasteiger partial charge in [0.05, 0.1) is 64.6 Å². The fourth-order valence-corrected chi connectivity index (χ4v) is 2.55. The molecular formula is C25H54N2O6. The van der Waals surface area contributed by atoms with E-state index in [-0.39, 0.29) is 36.5 Å². The van der Waals surface area contributed by atoms with Crippen LogP contribution >= 0.6 is 0 Å². The van der Waals surface area contributed by atoms with Gasteiger partial charge < -0.3 is 39.9 Å². The molecule has 0 heterocycles. The highest BCUT2D eigenvalue weighted by molar-refractivity contribution is 4.63. The van der Waals surface area contributed by atoms with Crippen LogP contribution < -0.4 is 11.5 Å². The fraction of sp³-hybridized carbons (Fsp3) is 1.00. The first-order valence-corrected chi connectivity index (χ1v) is 12.8. The first kappa shape index (κ1) is 32.7. The average molecular weight is 479 g/mol. The second-order valence-corrected chi connectivity index (χ2v) is 9.31. The van der Waals surface area contributed by atoms with Crippen molar-refractivity contribution in [1.29, 1.82) is 0 Å². The van der Waals surface area contributed by atoms with Gasteiger partial charge in [-0.3, -0.25) is 0 Å². The van der Waals surface area contributed by atoms with Gasteiger partial charge in [-0.1, -0.05) is 34.1 Å². The number of ether oxygens (including phenoxy) is 6. The summed E-state index contributed by atoms with van der Waals surface area (Å²) in [5, 5.41) is 0. The van der Waals surface area contributed by atoms with Crippen LogP contribution in [-0.2, 0) is 28.4 Å². The molecule has 0 aromatic rings. The van der Waals surface area contributed by atoms with E-state index >= 15 is 0 Å². The van der Waals surface area contributed by atoms with Gasteiger partial charge in [0, 0.05) is 18.7 Å². The Labute approximate surface area is 203 Å². The lowest BCUT2D eigenvalue weighted by molar-refractivity contribution is -0.110. The van der Waals surface area contributed by atoms with Crippen LogP contribution in [0, 0.1) is 5.92 Å². The van der Waals surface area contributed by atoms with Gasteiger partial charge in [-0.15, -0.1) is 0 Å². The average Bonchev–Trinajstić information content (AvgIpc) is 2.81. The van der Waals surface area contributed by atoms with Crippen molar-refractivity contribution in [1.82, 2.24) is 0 Å². The van der Waals surface area contributed by atoms with E-state index in [4.69, 9.17) is 39.9 Å². The maximum Gasteiger partial charge on any atom is 0.104 e. The highest BCUT2D eigenvalue weighted by atomic mass is 16.6. The first-order valence-electron chi connectivity index (χ1n) is 12.8. The molecule has 0 saturated heterocycles. The van der Waals surface area contributed by atoms with Crippen LogP contribution in [-0.4, -0.2) is 89.4 Å². The molecule has 0 saturated carbocycles. The maximum atomic E-state index is 6.05. The van der Waals surface area contributed by atoms with Gasteiger partial charge >= 0.3 is 0 Å². The second-order valence-electron chi connectivity index (χ2n) is 9.31. The van der Waals surface area contributed by atoms with E-state index in [0.717, 1.165) is 25.9 Å². The van der Waals surface area contributed by atoms with Crippen molar-refractivity contribution in [2.24, 2.45) is 17.4 Å². The van der Waals surface area contributed by atoms with Crippen molar-refractivity contribution in [2.75, 3.05) is 52.9 Å². The van der Waals surface area contributed by atoms with Crippen LogP contribution in [0.2, 0.25) is 0 Å². The summed E-state index contributed by atoms with van der Waals surface area (Å²) in [5.41, 5.74) is 11.8. The highest BCUT2D eigenvalue weighted by Gasteiger charge is 2.16. The Balaban J connectivity index is 4.41. The molecule has 200 valence electrons. The summed E-state index contributed by atoms with van der Waals surface area (Å²) in [5.74, 6) is 0.551. The molecule has 0 aliphatic heterocycles. The zero-order valence-electron chi connectivity index (χ0n) is 22.4. The molecule has 0 rings (SSSR count). The molecule has 0 spiro atoms. The molecule has 4 N–H and O–H groups in total. The van der Waals surface area contributed by atoms with E-state index in [0.29, 0.717) is 52.2 Å². The van der Waals surface area contributed by atoms with Crippen LogP contribution in [0.15, 0.2) is 0 Å². The van der Waals surface area contributed by atoms with Crippen molar-refractivity contribution >= 4 is 0 Å². The lowest BCUT2D eigenvalue weighted by Crippen LogP contribution is -2.34. The summed E-state index contributed by atoms with van der Waals surface area (Å²) in [7, 11) is 0. The van der Waals surface area contributed by atoms with E-state index in [1.165, 1.54) is 0 Å². The van der Waals surface area contributed by atoms with Crippen LogP contribution in [0.25, 0.3) is 0 Å². The molecule has 7 unspecified atom stereocenters. The Hall–Kier alpha value is -0.320. The molecule has 0 amide bonds. The Morgan fingerprint density at radius 2 is 0.909 bits per heavy atom. The van der Waals surface area contributed by atoms with Crippen molar-refractivity contribution < 1.29 is 28.4 Å². The minimum atomic E-state index is -0.206. The van der Waals surface area contributed by atoms with Crippen LogP contribution in [0.3, 0.4) is 0 Å². The van der Waals surface area contributed by atoms with Gasteiger partial charge in [0.15, 0.2) is 0 Å². The number of rotatable bonds is 23. The molecule has 0 aromatic heterocycles. The van der Waals surface area contributed by atoms with Gasteiger partial charge in [-0.2, -0.15) is 0 Å². The van der Waals surface area contributed by atoms with Gasteiger partial charge in [-0.25, -0.2) is 0 Å². The zero-order chi connectivity index (χ0) is 25.1. The Kier molecular flexibility index (Phi) is 20.8. The summed E-state index contributed by atoms with van der Waals surface area (Å²) in [4.78, 5) is 0. The van der Waals surface area contributed by atoms with E-state index in [1.54, 1.807) is 0 Å². The highest BCUT2D eigenvalue weighted by Crippen LogP contribution is 2.06. The summed E-state index contributed by atoms with van der Waals surface area (Å²) in [6.45, 7) is 18.5.